The van der Waals surface area contributed by atoms with Crippen LogP contribution in [0.3, 0.4) is 0 Å². The molecule has 4 rings (SSSR count). The van der Waals surface area contributed by atoms with Crippen molar-refractivity contribution in [2.24, 2.45) is 0 Å². The molecule has 3 heterocycles. The number of methoxy groups -OCH3 is 1. The minimum atomic E-state index is -1.03. The number of hydrogen-bond acceptors (Lipinski definition) is 8. The van der Waals surface area contributed by atoms with Crippen LogP contribution < -0.4 is 10.1 Å². The monoisotopic (exact) mass is 498 g/mol. The van der Waals surface area contributed by atoms with Crippen molar-refractivity contribution in [3.05, 3.63) is 46.1 Å². The maximum Gasteiger partial charge on any atom is 0.328 e. The lowest BCUT2D eigenvalue weighted by molar-refractivity contribution is -0.152. The Hall–Kier alpha value is -2.79. The van der Waals surface area contributed by atoms with Gasteiger partial charge in [0.2, 0.25) is 5.91 Å². The molecule has 176 valence electrons. The molecule has 2 fully saturated rings. The number of carbonyl (C=O) groups is 3. The van der Waals surface area contributed by atoms with Crippen LogP contribution in [0.1, 0.15) is 17.0 Å². The van der Waals surface area contributed by atoms with E-state index >= 15 is 0 Å². The first-order valence-corrected chi connectivity index (χ1v) is 10.7. The average molecular weight is 499 g/mol. The summed E-state index contributed by atoms with van der Waals surface area (Å²) in [7, 11) is 1.24. The standard InChI is InChI=1S/C21H20Cl2N2O8/c1-29-20(28)15-9-21(30-6-7-31-21)11-25(15)17(26)10-24-19(27)16-4-5-18(33-16)32-12-2-3-13(22)14(23)8-12/h2-5,8,15H,6-7,9-11H2,1H3,(H,24,27)/t15-/m0/s1. The summed E-state index contributed by atoms with van der Waals surface area (Å²) in [5, 5.41) is 3.15. The number of nitrogens with one attached hydrogen (secondary N) is 1. The minimum absolute atomic E-state index is 0.0487. The zero-order chi connectivity index (χ0) is 23.6. The van der Waals surface area contributed by atoms with Gasteiger partial charge >= 0.3 is 5.97 Å². The first-order chi connectivity index (χ1) is 15.8. The molecule has 1 aromatic heterocycles. The van der Waals surface area contributed by atoms with Crippen molar-refractivity contribution in [2.45, 2.75) is 18.2 Å². The van der Waals surface area contributed by atoms with Crippen molar-refractivity contribution in [3.63, 3.8) is 0 Å². The molecule has 0 aliphatic carbocycles. The Kier molecular flexibility index (Phi) is 6.80. The maximum absolute atomic E-state index is 12.8. The molecular weight excluding hydrogens is 479 g/mol. The van der Waals surface area contributed by atoms with Crippen LogP contribution >= 0.6 is 23.2 Å². The fourth-order valence-electron chi connectivity index (χ4n) is 3.65. The largest absolute Gasteiger partial charge is 0.467 e. The summed E-state index contributed by atoms with van der Waals surface area (Å²) in [4.78, 5) is 38.7. The number of hydrogen-bond donors (Lipinski definition) is 1. The predicted molar refractivity (Wildman–Crippen MR) is 114 cm³/mol. The van der Waals surface area contributed by atoms with Crippen LogP contribution in [0, 0.1) is 0 Å². The van der Waals surface area contributed by atoms with E-state index in [-0.39, 0.29) is 31.2 Å². The van der Waals surface area contributed by atoms with Gasteiger partial charge in [-0.05, 0) is 18.2 Å². The quantitative estimate of drug-likeness (QED) is 0.604. The average Bonchev–Trinajstić information content (AvgIpc) is 3.55. The van der Waals surface area contributed by atoms with Crippen molar-refractivity contribution in [1.29, 1.82) is 0 Å². The Morgan fingerprint density at radius 3 is 2.61 bits per heavy atom. The summed E-state index contributed by atoms with van der Waals surface area (Å²) < 4.78 is 26.9. The van der Waals surface area contributed by atoms with E-state index in [0.29, 0.717) is 29.0 Å². The number of amides is 2. The molecular formula is C21H20Cl2N2O8. The molecule has 0 radical (unpaired) electrons. The zero-order valence-corrected chi connectivity index (χ0v) is 19.0. The number of rotatable bonds is 6. The van der Waals surface area contributed by atoms with Crippen LogP contribution in [0.4, 0.5) is 0 Å². The Labute approximate surface area is 198 Å². The van der Waals surface area contributed by atoms with E-state index in [0.717, 1.165) is 0 Å². The molecule has 0 bridgehead atoms. The van der Waals surface area contributed by atoms with E-state index in [1.54, 1.807) is 12.1 Å². The van der Waals surface area contributed by atoms with E-state index in [1.165, 1.54) is 30.2 Å². The number of ether oxygens (including phenoxy) is 4. The SMILES string of the molecule is COC(=O)[C@@H]1CC2(CN1C(=O)CNC(=O)c1ccc(Oc3ccc(Cl)c(Cl)c3)o1)OCCO2. The van der Waals surface area contributed by atoms with Crippen molar-refractivity contribution < 1.29 is 37.7 Å². The van der Waals surface area contributed by atoms with Crippen molar-refractivity contribution in [3.8, 4) is 11.7 Å². The topological polar surface area (TPSA) is 117 Å². The van der Waals surface area contributed by atoms with E-state index in [2.05, 4.69) is 5.32 Å². The molecule has 1 atom stereocenters. The molecule has 1 aromatic carbocycles. The van der Waals surface area contributed by atoms with E-state index in [1.807, 2.05) is 0 Å². The van der Waals surface area contributed by atoms with Gasteiger partial charge < -0.3 is 33.6 Å². The van der Waals surface area contributed by atoms with Crippen molar-refractivity contribution >= 4 is 41.0 Å². The molecule has 2 aromatic rings. The second kappa shape index (κ2) is 9.60. The van der Waals surface area contributed by atoms with Crippen LogP contribution in [0.5, 0.6) is 11.7 Å². The van der Waals surface area contributed by atoms with E-state index < -0.39 is 29.6 Å². The fourth-order valence-corrected chi connectivity index (χ4v) is 3.94. The molecule has 1 spiro atoms. The number of nitrogens with zero attached hydrogens (tertiary/aromatic N) is 1. The van der Waals surface area contributed by atoms with Gasteiger partial charge in [-0.2, -0.15) is 0 Å². The van der Waals surface area contributed by atoms with Crippen LogP contribution in [0.2, 0.25) is 10.0 Å². The van der Waals surface area contributed by atoms with E-state index in [4.69, 9.17) is 46.6 Å². The molecule has 2 amide bonds. The third-order valence-electron chi connectivity index (χ3n) is 5.21. The normalized spacial score (nSPS) is 19.0. The Morgan fingerprint density at radius 1 is 1.15 bits per heavy atom. The van der Waals surface area contributed by atoms with Gasteiger partial charge in [0.1, 0.15) is 11.8 Å². The zero-order valence-electron chi connectivity index (χ0n) is 17.5. The lowest BCUT2D eigenvalue weighted by atomic mass is 10.1. The Morgan fingerprint density at radius 2 is 1.91 bits per heavy atom. The summed E-state index contributed by atoms with van der Waals surface area (Å²) in [6, 6.07) is 6.64. The second-order valence-corrected chi connectivity index (χ2v) is 8.17. The predicted octanol–water partition coefficient (Wildman–Crippen LogP) is 2.63. The Bertz CT molecular complexity index is 1070. The lowest BCUT2D eigenvalue weighted by Gasteiger charge is -2.23. The highest BCUT2D eigenvalue weighted by molar-refractivity contribution is 6.42. The molecule has 0 unspecified atom stereocenters. The lowest BCUT2D eigenvalue weighted by Crippen LogP contribution is -2.46. The number of halogens is 2. The van der Waals surface area contributed by atoms with Gasteiger partial charge in [0, 0.05) is 18.6 Å². The number of carbonyl (C=O) groups excluding carboxylic acids is 3. The summed E-state index contributed by atoms with van der Waals surface area (Å²) >= 11 is 11.8. The molecule has 33 heavy (non-hydrogen) atoms. The number of furan rings is 1. The highest BCUT2D eigenvalue weighted by Crippen LogP contribution is 2.35. The molecule has 2 aliphatic rings. The molecule has 0 saturated carbocycles. The second-order valence-electron chi connectivity index (χ2n) is 7.35. The van der Waals surface area contributed by atoms with Crippen molar-refractivity contribution in [2.75, 3.05) is 33.4 Å². The van der Waals surface area contributed by atoms with Gasteiger partial charge in [-0.1, -0.05) is 23.2 Å². The maximum atomic E-state index is 12.8. The van der Waals surface area contributed by atoms with Gasteiger partial charge in [-0.15, -0.1) is 0 Å². The van der Waals surface area contributed by atoms with Crippen LogP contribution in [-0.2, 0) is 23.8 Å². The number of benzene rings is 1. The first-order valence-electron chi connectivity index (χ1n) is 9.96. The fraction of sp³-hybridized carbons (Fsp3) is 0.381. The van der Waals surface area contributed by atoms with Gasteiger partial charge in [0.25, 0.3) is 11.9 Å². The first kappa shape index (κ1) is 23.4. The van der Waals surface area contributed by atoms with Crippen LogP contribution in [0.15, 0.2) is 34.7 Å². The Balaban J connectivity index is 1.35. The summed E-state index contributed by atoms with van der Waals surface area (Å²) in [5.41, 5.74) is 0. The molecule has 2 aliphatic heterocycles. The molecule has 12 heteroatoms. The summed E-state index contributed by atoms with van der Waals surface area (Å²) in [5.74, 6) is -2.39. The third-order valence-corrected chi connectivity index (χ3v) is 5.95. The van der Waals surface area contributed by atoms with Crippen LogP contribution in [0.25, 0.3) is 0 Å². The highest BCUT2D eigenvalue weighted by Gasteiger charge is 2.52. The molecule has 1 N–H and O–H groups in total. The third kappa shape index (κ3) is 5.09. The van der Waals surface area contributed by atoms with Gasteiger partial charge in [-0.25, -0.2) is 4.79 Å². The van der Waals surface area contributed by atoms with Crippen molar-refractivity contribution in [1.82, 2.24) is 10.2 Å². The van der Waals surface area contributed by atoms with E-state index in [9.17, 15) is 14.4 Å². The highest BCUT2D eigenvalue weighted by atomic mass is 35.5. The summed E-state index contributed by atoms with van der Waals surface area (Å²) in [6.07, 6.45) is 0.160. The minimum Gasteiger partial charge on any atom is -0.467 e. The smallest absolute Gasteiger partial charge is 0.328 e. The molecule has 10 nitrogen and oxygen atoms in total. The summed E-state index contributed by atoms with van der Waals surface area (Å²) in [6.45, 7) is 0.436. The molecule has 2 saturated heterocycles. The van der Waals surface area contributed by atoms with Gasteiger partial charge in [0.15, 0.2) is 11.5 Å². The van der Waals surface area contributed by atoms with Crippen LogP contribution in [-0.4, -0.2) is 67.9 Å². The number of likely N-dealkylation sites (tertiary alicyclic amines) is 1. The van der Waals surface area contributed by atoms with Gasteiger partial charge in [0.05, 0.1) is 43.5 Å². The number of esters is 1. The van der Waals surface area contributed by atoms with Gasteiger partial charge in [-0.3, -0.25) is 9.59 Å².